The number of H-pyrrole nitrogens is 1. The van der Waals surface area contributed by atoms with Crippen LogP contribution in [0.2, 0.25) is 0 Å². The van der Waals surface area contributed by atoms with E-state index >= 15 is 0 Å². The lowest BCUT2D eigenvalue weighted by Gasteiger charge is -2.18. The number of aryl methyl sites for hydroxylation is 1. The summed E-state index contributed by atoms with van der Waals surface area (Å²) in [5.41, 5.74) is 2.54. The Balaban J connectivity index is 2.22. The van der Waals surface area contributed by atoms with E-state index in [0.29, 0.717) is 12.2 Å². The highest BCUT2D eigenvalue weighted by atomic mass is 16.4. The first kappa shape index (κ1) is 14.1. The summed E-state index contributed by atoms with van der Waals surface area (Å²) in [6.07, 6.45) is -0.0427. The summed E-state index contributed by atoms with van der Waals surface area (Å²) in [5.74, 6) is -1.06. The molecular formula is C15H18N2O3. The van der Waals surface area contributed by atoms with Crippen LogP contribution >= 0.6 is 0 Å². The SMILES string of the molecule is CCN(CCC(=O)O)C(=O)c1cc2ccc(C)cc2[nH]1. The fourth-order valence-corrected chi connectivity index (χ4v) is 2.16. The molecule has 20 heavy (non-hydrogen) atoms. The third-order valence-corrected chi connectivity index (χ3v) is 3.27. The zero-order chi connectivity index (χ0) is 14.7. The van der Waals surface area contributed by atoms with E-state index in [1.165, 1.54) is 4.90 Å². The van der Waals surface area contributed by atoms with E-state index in [1.54, 1.807) is 6.07 Å². The predicted molar refractivity (Wildman–Crippen MR) is 76.9 cm³/mol. The quantitative estimate of drug-likeness (QED) is 0.879. The summed E-state index contributed by atoms with van der Waals surface area (Å²) < 4.78 is 0. The number of hydrogen-bond donors (Lipinski definition) is 2. The van der Waals surface area contributed by atoms with Crippen molar-refractivity contribution in [3.63, 3.8) is 0 Å². The van der Waals surface area contributed by atoms with Crippen LogP contribution in [0.5, 0.6) is 0 Å². The molecule has 106 valence electrons. The smallest absolute Gasteiger partial charge is 0.305 e. The van der Waals surface area contributed by atoms with Crippen molar-refractivity contribution >= 4 is 22.8 Å². The Morgan fingerprint density at radius 3 is 2.70 bits per heavy atom. The van der Waals surface area contributed by atoms with Gasteiger partial charge in [0.2, 0.25) is 0 Å². The lowest BCUT2D eigenvalue weighted by molar-refractivity contribution is -0.137. The molecule has 0 unspecified atom stereocenters. The second-order valence-corrected chi connectivity index (χ2v) is 4.80. The normalized spacial score (nSPS) is 10.7. The molecule has 0 aliphatic carbocycles. The second-order valence-electron chi connectivity index (χ2n) is 4.80. The Morgan fingerprint density at radius 2 is 2.05 bits per heavy atom. The largest absolute Gasteiger partial charge is 0.481 e. The van der Waals surface area contributed by atoms with Gasteiger partial charge in [-0.05, 0) is 31.5 Å². The van der Waals surface area contributed by atoms with Gasteiger partial charge in [0.25, 0.3) is 5.91 Å². The molecule has 1 heterocycles. The van der Waals surface area contributed by atoms with Gasteiger partial charge in [-0.15, -0.1) is 0 Å². The summed E-state index contributed by atoms with van der Waals surface area (Å²) >= 11 is 0. The molecular weight excluding hydrogens is 256 g/mol. The lowest BCUT2D eigenvalue weighted by Crippen LogP contribution is -2.33. The molecule has 0 aliphatic rings. The minimum Gasteiger partial charge on any atom is -0.481 e. The maximum atomic E-state index is 12.3. The number of aromatic nitrogens is 1. The summed E-state index contributed by atoms with van der Waals surface area (Å²) in [5, 5.41) is 9.69. The van der Waals surface area contributed by atoms with E-state index in [-0.39, 0.29) is 18.9 Å². The maximum absolute atomic E-state index is 12.3. The van der Waals surface area contributed by atoms with Gasteiger partial charge in [-0.1, -0.05) is 12.1 Å². The zero-order valence-electron chi connectivity index (χ0n) is 11.6. The summed E-state index contributed by atoms with van der Waals surface area (Å²) in [6.45, 7) is 4.54. The average Bonchev–Trinajstić information content (AvgIpc) is 2.81. The monoisotopic (exact) mass is 274 g/mol. The standard InChI is InChI=1S/C15H18N2O3/c1-3-17(7-6-14(18)19)15(20)13-9-11-5-4-10(2)8-12(11)16-13/h4-5,8-9,16H,3,6-7H2,1-2H3,(H,18,19). The van der Waals surface area contributed by atoms with E-state index in [0.717, 1.165) is 16.5 Å². The number of nitrogens with one attached hydrogen (secondary N) is 1. The van der Waals surface area contributed by atoms with Crippen LogP contribution in [0.25, 0.3) is 10.9 Å². The van der Waals surface area contributed by atoms with Crippen molar-refractivity contribution in [2.45, 2.75) is 20.3 Å². The highest BCUT2D eigenvalue weighted by Gasteiger charge is 2.17. The van der Waals surface area contributed by atoms with Gasteiger partial charge in [-0.3, -0.25) is 9.59 Å². The van der Waals surface area contributed by atoms with Crippen LogP contribution in [0.3, 0.4) is 0 Å². The van der Waals surface area contributed by atoms with Crippen LogP contribution < -0.4 is 0 Å². The van der Waals surface area contributed by atoms with Crippen LogP contribution in [0.1, 0.15) is 29.4 Å². The molecule has 0 fully saturated rings. The van der Waals surface area contributed by atoms with Gasteiger partial charge < -0.3 is 15.0 Å². The summed E-state index contributed by atoms with van der Waals surface area (Å²) in [4.78, 5) is 27.6. The first-order valence-electron chi connectivity index (χ1n) is 6.61. The third-order valence-electron chi connectivity index (χ3n) is 3.27. The van der Waals surface area contributed by atoms with Gasteiger partial charge in [0.15, 0.2) is 0 Å². The topological polar surface area (TPSA) is 73.4 Å². The van der Waals surface area contributed by atoms with Crippen molar-refractivity contribution in [1.82, 2.24) is 9.88 Å². The van der Waals surface area contributed by atoms with Crippen molar-refractivity contribution < 1.29 is 14.7 Å². The molecule has 0 radical (unpaired) electrons. The first-order chi connectivity index (χ1) is 9.51. The van der Waals surface area contributed by atoms with E-state index in [2.05, 4.69) is 4.98 Å². The second kappa shape index (κ2) is 5.77. The number of benzene rings is 1. The number of carboxylic acid groups (broad SMARTS) is 1. The average molecular weight is 274 g/mol. The highest BCUT2D eigenvalue weighted by Crippen LogP contribution is 2.18. The van der Waals surface area contributed by atoms with Crippen molar-refractivity contribution in [2.75, 3.05) is 13.1 Å². The van der Waals surface area contributed by atoms with E-state index < -0.39 is 5.97 Å². The molecule has 0 saturated heterocycles. The number of aromatic amines is 1. The van der Waals surface area contributed by atoms with Crippen LogP contribution in [0.4, 0.5) is 0 Å². The molecule has 2 N–H and O–H groups in total. The van der Waals surface area contributed by atoms with Gasteiger partial charge in [0, 0.05) is 24.0 Å². The van der Waals surface area contributed by atoms with Crippen molar-refractivity contribution in [1.29, 1.82) is 0 Å². The highest BCUT2D eigenvalue weighted by molar-refractivity contribution is 5.98. The number of carboxylic acids is 1. The Kier molecular flexibility index (Phi) is 4.08. The van der Waals surface area contributed by atoms with Crippen molar-refractivity contribution in [2.24, 2.45) is 0 Å². The van der Waals surface area contributed by atoms with Gasteiger partial charge in [-0.25, -0.2) is 0 Å². The maximum Gasteiger partial charge on any atom is 0.305 e. The van der Waals surface area contributed by atoms with Crippen LogP contribution in [-0.2, 0) is 4.79 Å². The minimum absolute atomic E-state index is 0.0427. The molecule has 1 aromatic heterocycles. The third kappa shape index (κ3) is 2.99. The van der Waals surface area contributed by atoms with E-state index in [4.69, 9.17) is 5.11 Å². The van der Waals surface area contributed by atoms with E-state index in [9.17, 15) is 9.59 Å². The Labute approximate surface area is 117 Å². The fraction of sp³-hybridized carbons (Fsp3) is 0.333. The Morgan fingerprint density at radius 1 is 1.30 bits per heavy atom. The molecule has 5 heteroatoms. The lowest BCUT2D eigenvalue weighted by atomic mass is 10.2. The zero-order valence-corrected chi connectivity index (χ0v) is 11.6. The number of hydrogen-bond acceptors (Lipinski definition) is 2. The Hall–Kier alpha value is -2.30. The summed E-state index contributed by atoms with van der Waals surface area (Å²) in [7, 11) is 0. The molecule has 1 aromatic carbocycles. The minimum atomic E-state index is -0.900. The molecule has 2 rings (SSSR count). The number of rotatable bonds is 5. The van der Waals surface area contributed by atoms with Crippen LogP contribution in [-0.4, -0.2) is 40.0 Å². The van der Waals surface area contributed by atoms with Crippen LogP contribution in [0.15, 0.2) is 24.3 Å². The molecule has 0 spiro atoms. The molecule has 5 nitrogen and oxygen atoms in total. The van der Waals surface area contributed by atoms with Gasteiger partial charge >= 0.3 is 5.97 Å². The molecule has 0 aliphatic heterocycles. The van der Waals surface area contributed by atoms with Crippen molar-refractivity contribution in [3.05, 3.63) is 35.5 Å². The number of nitrogens with zero attached hydrogens (tertiary/aromatic N) is 1. The number of fused-ring (bicyclic) bond motifs is 1. The Bertz CT molecular complexity index is 646. The molecule has 0 saturated carbocycles. The molecule has 1 amide bonds. The first-order valence-corrected chi connectivity index (χ1v) is 6.61. The van der Waals surface area contributed by atoms with Gasteiger partial charge in [0.1, 0.15) is 5.69 Å². The predicted octanol–water partition coefficient (Wildman–Crippen LogP) is 2.41. The molecule has 2 aromatic rings. The molecule has 0 atom stereocenters. The number of amides is 1. The van der Waals surface area contributed by atoms with Gasteiger partial charge in [0.05, 0.1) is 6.42 Å². The number of carbonyl (C=O) groups excluding carboxylic acids is 1. The van der Waals surface area contributed by atoms with Crippen molar-refractivity contribution in [3.8, 4) is 0 Å². The fourth-order valence-electron chi connectivity index (χ4n) is 2.16. The van der Waals surface area contributed by atoms with Gasteiger partial charge in [-0.2, -0.15) is 0 Å². The van der Waals surface area contributed by atoms with Crippen LogP contribution in [0, 0.1) is 6.92 Å². The molecule has 0 bridgehead atoms. The number of aliphatic carboxylic acids is 1. The summed E-state index contributed by atoms with van der Waals surface area (Å²) in [6, 6.07) is 7.75. The van der Waals surface area contributed by atoms with E-state index in [1.807, 2.05) is 32.0 Å². The number of carbonyl (C=O) groups is 2.